The third-order valence-corrected chi connectivity index (χ3v) is 2.49. The Morgan fingerprint density at radius 1 is 1.38 bits per heavy atom. The van der Waals surface area contributed by atoms with E-state index in [-0.39, 0.29) is 5.91 Å². The molecule has 0 rings (SSSR count). The zero-order chi connectivity index (χ0) is 12.4. The van der Waals surface area contributed by atoms with Crippen LogP contribution in [0.4, 0.5) is 0 Å². The second kappa shape index (κ2) is 9.60. The lowest BCUT2D eigenvalue weighted by molar-refractivity contribution is -0.132. The molecule has 0 aliphatic heterocycles. The molecule has 0 atom stereocenters. The van der Waals surface area contributed by atoms with Crippen molar-refractivity contribution in [1.29, 1.82) is 0 Å². The van der Waals surface area contributed by atoms with E-state index < -0.39 is 0 Å². The smallest absolute Gasteiger partial charge is 0.222 e. The lowest BCUT2D eigenvalue weighted by atomic mass is 10.1. The molecular formula is C12H26N2O2. The standard InChI is InChI=1S/C12H26N2O2/c1-11(2)5-6-12(15)14(8-4-7-13)9-10-16-3/h11H,4-10,13H2,1-3H3. The van der Waals surface area contributed by atoms with Crippen LogP contribution in [0.2, 0.25) is 0 Å². The molecule has 2 N–H and O–H groups in total. The van der Waals surface area contributed by atoms with Crippen LogP contribution < -0.4 is 5.73 Å². The van der Waals surface area contributed by atoms with E-state index in [1.54, 1.807) is 7.11 Å². The molecule has 16 heavy (non-hydrogen) atoms. The summed E-state index contributed by atoms with van der Waals surface area (Å²) in [7, 11) is 1.65. The summed E-state index contributed by atoms with van der Waals surface area (Å²) in [5.41, 5.74) is 5.46. The van der Waals surface area contributed by atoms with Crippen molar-refractivity contribution in [3.63, 3.8) is 0 Å². The van der Waals surface area contributed by atoms with Crippen molar-refractivity contribution in [2.45, 2.75) is 33.1 Å². The number of nitrogens with zero attached hydrogens (tertiary/aromatic N) is 1. The van der Waals surface area contributed by atoms with Crippen LogP contribution in [-0.4, -0.2) is 44.2 Å². The fourth-order valence-corrected chi connectivity index (χ4v) is 1.42. The van der Waals surface area contributed by atoms with Crippen molar-refractivity contribution in [3.05, 3.63) is 0 Å². The number of hydrogen-bond donors (Lipinski definition) is 1. The molecule has 0 aromatic heterocycles. The van der Waals surface area contributed by atoms with Gasteiger partial charge in [0.15, 0.2) is 0 Å². The fourth-order valence-electron chi connectivity index (χ4n) is 1.42. The van der Waals surface area contributed by atoms with E-state index in [2.05, 4.69) is 13.8 Å². The molecule has 0 saturated carbocycles. The molecule has 0 spiro atoms. The van der Waals surface area contributed by atoms with Crippen molar-refractivity contribution in [2.24, 2.45) is 11.7 Å². The maximum absolute atomic E-state index is 11.9. The Morgan fingerprint density at radius 2 is 2.06 bits per heavy atom. The number of ether oxygens (including phenoxy) is 1. The highest BCUT2D eigenvalue weighted by molar-refractivity contribution is 5.76. The molecule has 4 nitrogen and oxygen atoms in total. The van der Waals surface area contributed by atoms with Gasteiger partial charge in [0.2, 0.25) is 5.91 Å². The molecule has 0 saturated heterocycles. The summed E-state index contributed by atoms with van der Waals surface area (Å²) >= 11 is 0. The highest BCUT2D eigenvalue weighted by Gasteiger charge is 2.12. The first-order valence-corrected chi connectivity index (χ1v) is 6.08. The lowest BCUT2D eigenvalue weighted by Crippen LogP contribution is -2.35. The third-order valence-electron chi connectivity index (χ3n) is 2.49. The molecule has 96 valence electrons. The number of hydrogen-bond acceptors (Lipinski definition) is 3. The van der Waals surface area contributed by atoms with Gasteiger partial charge in [-0.25, -0.2) is 0 Å². The molecule has 0 bridgehead atoms. The van der Waals surface area contributed by atoms with Crippen LogP contribution >= 0.6 is 0 Å². The van der Waals surface area contributed by atoms with E-state index in [9.17, 15) is 4.79 Å². The van der Waals surface area contributed by atoms with Gasteiger partial charge >= 0.3 is 0 Å². The van der Waals surface area contributed by atoms with Crippen LogP contribution in [0.25, 0.3) is 0 Å². The highest BCUT2D eigenvalue weighted by atomic mass is 16.5. The van der Waals surface area contributed by atoms with Gasteiger partial charge in [-0.05, 0) is 25.3 Å². The monoisotopic (exact) mass is 230 g/mol. The van der Waals surface area contributed by atoms with Crippen molar-refractivity contribution in [1.82, 2.24) is 4.90 Å². The largest absolute Gasteiger partial charge is 0.383 e. The number of rotatable bonds is 9. The van der Waals surface area contributed by atoms with Crippen LogP contribution in [-0.2, 0) is 9.53 Å². The molecule has 0 unspecified atom stereocenters. The first kappa shape index (κ1) is 15.4. The minimum Gasteiger partial charge on any atom is -0.383 e. The van der Waals surface area contributed by atoms with E-state index in [0.717, 1.165) is 19.4 Å². The van der Waals surface area contributed by atoms with E-state index in [1.807, 2.05) is 4.90 Å². The predicted octanol–water partition coefficient (Wildman–Crippen LogP) is 1.25. The Morgan fingerprint density at radius 3 is 2.56 bits per heavy atom. The quantitative estimate of drug-likeness (QED) is 0.648. The molecule has 0 heterocycles. The zero-order valence-corrected chi connectivity index (χ0v) is 10.9. The summed E-state index contributed by atoms with van der Waals surface area (Å²) in [6.45, 7) is 6.91. The molecule has 4 heteroatoms. The third kappa shape index (κ3) is 7.65. The van der Waals surface area contributed by atoms with Crippen molar-refractivity contribution < 1.29 is 9.53 Å². The van der Waals surface area contributed by atoms with E-state index in [4.69, 9.17) is 10.5 Å². The van der Waals surface area contributed by atoms with Crippen molar-refractivity contribution in [2.75, 3.05) is 33.4 Å². The normalized spacial score (nSPS) is 10.8. The van der Waals surface area contributed by atoms with Gasteiger partial charge in [-0.3, -0.25) is 4.79 Å². The van der Waals surface area contributed by atoms with Crippen LogP contribution in [0.1, 0.15) is 33.1 Å². The van der Waals surface area contributed by atoms with Gasteiger partial charge in [0.1, 0.15) is 0 Å². The van der Waals surface area contributed by atoms with Gasteiger partial charge in [-0.15, -0.1) is 0 Å². The van der Waals surface area contributed by atoms with Gasteiger partial charge in [-0.1, -0.05) is 13.8 Å². The Balaban J connectivity index is 3.98. The van der Waals surface area contributed by atoms with Gasteiger partial charge in [0, 0.05) is 26.6 Å². The van der Waals surface area contributed by atoms with Crippen LogP contribution in [0.3, 0.4) is 0 Å². The minimum absolute atomic E-state index is 0.221. The summed E-state index contributed by atoms with van der Waals surface area (Å²) in [6.07, 6.45) is 2.44. The summed E-state index contributed by atoms with van der Waals surface area (Å²) in [6, 6.07) is 0. The Hall–Kier alpha value is -0.610. The van der Waals surface area contributed by atoms with Gasteiger partial charge in [0.25, 0.3) is 0 Å². The number of methoxy groups -OCH3 is 1. The fraction of sp³-hybridized carbons (Fsp3) is 0.917. The average molecular weight is 230 g/mol. The van der Waals surface area contributed by atoms with Gasteiger partial charge < -0.3 is 15.4 Å². The molecule has 0 radical (unpaired) electrons. The predicted molar refractivity (Wildman–Crippen MR) is 66.2 cm³/mol. The second-order valence-corrected chi connectivity index (χ2v) is 4.45. The molecule has 0 aliphatic rings. The molecule has 0 aromatic rings. The summed E-state index contributed by atoms with van der Waals surface area (Å²) in [4.78, 5) is 13.7. The minimum atomic E-state index is 0.221. The number of carbonyl (C=O) groups excluding carboxylic acids is 1. The summed E-state index contributed by atoms with van der Waals surface area (Å²) < 4.78 is 5.00. The zero-order valence-electron chi connectivity index (χ0n) is 10.9. The Bertz CT molecular complexity index is 176. The number of carbonyl (C=O) groups is 1. The Labute approximate surface area is 99.1 Å². The van der Waals surface area contributed by atoms with Crippen molar-refractivity contribution >= 4 is 5.91 Å². The van der Waals surface area contributed by atoms with Crippen LogP contribution in [0.15, 0.2) is 0 Å². The van der Waals surface area contributed by atoms with E-state index in [0.29, 0.717) is 32.0 Å². The second-order valence-electron chi connectivity index (χ2n) is 4.45. The topological polar surface area (TPSA) is 55.6 Å². The van der Waals surface area contributed by atoms with Crippen molar-refractivity contribution in [3.8, 4) is 0 Å². The molecule has 0 aliphatic carbocycles. The molecule has 0 aromatic carbocycles. The van der Waals surface area contributed by atoms with Crippen LogP contribution in [0.5, 0.6) is 0 Å². The first-order valence-electron chi connectivity index (χ1n) is 6.08. The highest BCUT2D eigenvalue weighted by Crippen LogP contribution is 2.06. The van der Waals surface area contributed by atoms with Gasteiger partial charge in [-0.2, -0.15) is 0 Å². The number of amides is 1. The molecule has 1 amide bonds. The Kier molecular flexibility index (Phi) is 9.24. The summed E-state index contributed by atoms with van der Waals surface area (Å²) in [5, 5.41) is 0. The molecular weight excluding hydrogens is 204 g/mol. The summed E-state index contributed by atoms with van der Waals surface area (Å²) in [5.74, 6) is 0.793. The molecule has 0 fully saturated rings. The maximum Gasteiger partial charge on any atom is 0.222 e. The van der Waals surface area contributed by atoms with E-state index in [1.165, 1.54) is 0 Å². The van der Waals surface area contributed by atoms with Crippen LogP contribution in [0, 0.1) is 5.92 Å². The lowest BCUT2D eigenvalue weighted by Gasteiger charge is -2.22. The maximum atomic E-state index is 11.9. The van der Waals surface area contributed by atoms with E-state index >= 15 is 0 Å². The SMILES string of the molecule is COCCN(CCCN)C(=O)CCC(C)C. The first-order chi connectivity index (χ1) is 7.61. The number of nitrogens with two attached hydrogens (primary N) is 1. The average Bonchev–Trinajstić information content (AvgIpc) is 2.26. The van der Waals surface area contributed by atoms with Gasteiger partial charge in [0.05, 0.1) is 6.61 Å².